The third-order valence-electron chi connectivity index (χ3n) is 4.00. The molecule has 4 heteroatoms. The predicted molar refractivity (Wildman–Crippen MR) is 85.0 cm³/mol. The summed E-state index contributed by atoms with van der Waals surface area (Å²) in [7, 11) is 0. The van der Waals surface area contributed by atoms with Crippen LogP contribution in [-0.2, 0) is 9.53 Å². The summed E-state index contributed by atoms with van der Waals surface area (Å²) in [6.45, 7) is 5.32. The van der Waals surface area contributed by atoms with Crippen LogP contribution in [-0.4, -0.2) is 36.0 Å². The van der Waals surface area contributed by atoms with E-state index in [1.807, 2.05) is 13.0 Å². The van der Waals surface area contributed by atoms with Crippen LogP contribution in [0.3, 0.4) is 0 Å². The van der Waals surface area contributed by atoms with E-state index in [0.717, 1.165) is 25.7 Å². The molecule has 0 aromatic heterocycles. The lowest BCUT2D eigenvalue weighted by molar-refractivity contribution is -0.149. The van der Waals surface area contributed by atoms with Gasteiger partial charge in [0.05, 0.1) is 18.6 Å². The fourth-order valence-electron chi connectivity index (χ4n) is 2.04. The molecule has 0 unspecified atom stereocenters. The number of hydrogen-bond acceptors (Lipinski definition) is 4. The monoisotopic (exact) mass is 300 g/mol. The minimum Gasteiger partial charge on any atom is -0.465 e. The molecule has 0 saturated carbocycles. The average molecular weight is 300 g/mol. The van der Waals surface area contributed by atoms with Gasteiger partial charge in [-0.15, -0.1) is 6.58 Å². The zero-order chi connectivity index (χ0) is 16.0. The van der Waals surface area contributed by atoms with E-state index in [9.17, 15) is 15.0 Å². The zero-order valence-corrected chi connectivity index (χ0v) is 13.5. The summed E-state index contributed by atoms with van der Waals surface area (Å²) in [5, 5.41) is 18.5. The number of hydrogen-bond donors (Lipinski definition) is 2. The van der Waals surface area contributed by atoms with Gasteiger partial charge in [-0.3, -0.25) is 4.79 Å². The van der Waals surface area contributed by atoms with Crippen molar-refractivity contribution in [3.05, 3.63) is 12.7 Å². The van der Waals surface area contributed by atoms with Gasteiger partial charge in [0, 0.05) is 6.42 Å². The van der Waals surface area contributed by atoms with E-state index in [1.54, 1.807) is 0 Å². The van der Waals surface area contributed by atoms with Gasteiger partial charge in [0.15, 0.2) is 0 Å². The largest absolute Gasteiger partial charge is 0.465 e. The molecule has 124 valence electrons. The highest BCUT2D eigenvalue weighted by Crippen LogP contribution is 2.21. The molecule has 0 bridgehead atoms. The first-order chi connectivity index (χ1) is 10.1. The Balaban J connectivity index is 3.60. The van der Waals surface area contributed by atoms with Crippen LogP contribution in [0, 0.1) is 5.41 Å². The Labute approximate surface area is 129 Å². The van der Waals surface area contributed by atoms with Crippen molar-refractivity contribution < 1.29 is 19.7 Å². The van der Waals surface area contributed by atoms with E-state index >= 15 is 0 Å². The van der Waals surface area contributed by atoms with Gasteiger partial charge < -0.3 is 14.9 Å². The van der Waals surface area contributed by atoms with Gasteiger partial charge in [0.2, 0.25) is 0 Å². The maximum Gasteiger partial charge on any atom is 0.305 e. The summed E-state index contributed by atoms with van der Waals surface area (Å²) in [4.78, 5) is 11.6. The van der Waals surface area contributed by atoms with Gasteiger partial charge >= 0.3 is 5.97 Å². The summed E-state index contributed by atoms with van der Waals surface area (Å²) < 4.78 is 5.17. The molecule has 0 aromatic carbocycles. The molecule has 0 spiro atoms. The summed E-state index contributed by atoms with van der Waals surface area (Å²) in [5.41, 5.74) is -0.694. The molecule has 0 atom stereocenters. The Bertz CT molecular complexity index is 264. The van der Waals surface area contributed by atoms with Crippen LogP contribution in [0.25, 0.3) is 0 Å². The van der Waals surface area contributed by atoms with Crippen LogP contribution >= 0.6 is 0 Å². The lowest BCUT2D eigenvalue weighted by Gasteiger charge is -2.27. The van der Waals surface area contributed by atoms with Gasteiger partial charge in [-0.2, -0.15) is 0 Å². The molecule has 0 heterocycles. The third kappa shape index (κ3) is 9.64. The van der Waals surface area contributed by atoms with Crippen molar-refractivity contribution in [2.75, 3.05) is 19.8 Å². The number of rotatable bonds is 14. The number of allylic oxidation sites excluding steroid dienone is 1. The van der Waals surface area contributed by atoms with Gasteiger partial charge in [0.25, 0.3) is 0 Å². The SMILES string of the molecule is C=CCCCCCCCCC(=O)OCC(CC)(CO)CO. The standard InChI is InChI=1S/C17H32O4/c1-3-5-6-7-8-9-10-11-12-16(20)21-15-17(4-2,13-18)14-19/h3,18-19H,1,4-15H2,2H3. The Hall–Kier alpha value is -0.870. The average Bonchev–Trinajstić information content (AvgIpc) is 2.52. The topological polar surface area (TPSA) is 66.8 Å². The van der Waals surface area contributed by atoms with Crippen molar-refractivity contribution in [3.8, 4) is 0 Å². The second-order valence-corrected chi connectivity index (χ2v) is 5.78. The van der Waals surface area contributed by atoms with Crippen molar-refractivity contribution in [3.63, 3.8) is 0 Å². The fraction of sp³-hybridized carbons (Fsp3) is 0.824. The van der Waals surface area contributed by atoms with E-state index in [4.69, 9.17) is 4.74 Å². The number of unbranched alkanes of at least 4 members (excludes halogenated alkanes) is 6. The molecule has 0 amide bonds. The highest BCUT2D eigenvalue weighted by Gasteiger charge is 2.28. The Morgan fingerprint density at radius 1 is 1.10 bits per heavy atom. The van der Waals surface area contributed by atoms with Crippen LogP contribution in [0.5, 0.6) is 0 Å². The van der Waals surface area contributed by atoms with Gasteiger partial charge in [-0.1, -0.05) is 38.7 Å². The Kier molecular flexibility index (Phi) is 12.3. The first kappa shape index (κ1) is 20.1. The molecule has 0 aliphatic carbocycles. The smallest absolute Gasteiger partial charge is 0.305 e. The minimum atomic E-state index is -0.694. The quantitative estimate of drug-likeness (QED) is 0.294. The van der Waals surface area contributed by atoms with Crippen molar-refractivity contribution in [1.82, 2.24) is 0 Å². The molecular weight excluding hydrogens is 268 g/mol. The normalized spacial score (nSPS) is 11.4. The van der Waals surface area contributed by atoms with E-state index in [1.165, 1.54) is 19.3 Å². The second-order valence-electron chi connectivity index (χ2n) is 5.78. The van der Waals surface area contributed by atoms with E-state index in [0.29, 0.717) is 12.8 Å². The van der Waals surface area contributed by atoms with Crippen molar-refractivity contribution >= 4 is 5.97 Å². The number of carbonyl (C=O) groups excluding carboxylic acids is 1. The molecule has 2 N–H and O–H groups in total. The molecule has 0 aliphatic heterocycles. The van der Waals surface area contributed by atoms with Gasteiger partial charge in [-0.05, 0) is 25.7 Å². The van der Waals surface area contributed by atoms with Crippen LogP contribution in [0.4, 0.5) is 0 Å². The molecular formula is C17H32O4. The molecule has 0 aromatic rings. The molecule has 4 nitrogen and oxygen atoms in total. The first-order valence-electron chi connectivity index (χ1n) is 8.12. The number of carbonyl (C=O) groups is 1. The second kappa shape index (κ2) is 12.8. The Morgan fingerprint density at radius 2 is 1.67 bits per heavy atom. The number of ether oxygens (including phenoxy) is 1. The number of esters is 1. The summed E-state index contributed by atoms with van der Waals surface area (Å²) in [6.07, 6.45) is 10.7. The van der Waals surface area contributed by atoms with E-state index in [2.05, 4.69) is 6.58 Å². The fourth-order valence-corrected chi connectivity index (χ4v) is 2.04. The van der Waals surface area contributed by atoms with Crippen LogP contribution in [0.15, 0.2) is 12.7 Å². The van der Waals surface area contributed by atoms with Crippen molar-refractivity contribution in [2.24, 2.45) is 5.41 Å². The van der Waals surface area contributed by atoms with Gasteiger partial charge in [0.1, 0.15) is 6.61 Å². The minimum absolute atomic E-state index is 0.0941. The lowest BCUT2D eigenvalue weighted by atomic mass is 9.88. The maximum atomic E-state index is 11.6. The Morgan fingerprint density at radius 3 is 2.19 bits per heavy atom. The van der Waals surface area contributed by atoms with E-state index in [-0.39, 0.29) is 25.8 Å². The predicted octanol–water partition coefficient (Wildman–Crippen LogP) is 3.22. The first-order valence-corrected chi connectivity index (χ1v) is 8.12. The maximum absolute atomic E-state index is 11.6. The highest BCUT2D eigenvalue weighted by atomic mass is 16.5. The van der Waals surface area contributed by atoms with Crippen molar-refractivity contribution in [2.45, 2.75) is 64.7 Å². The van der Waals surface area contributed by atoms with Crippen LogP contribution < -0.4 is 0 Å². The number of aliphatic hydroxyl groups excluding tert-OH is 2. The molecule has 0 fully saturated rings. The molecule has 0 saturated heterocycles. The van der Waals surface area contributed by atoms with Crippen LogP contribution in [0.2, 0.25) is 0 Å². The lowest BCUT2D eigenvalue weighted by Crippen LogP contribution is -2.35. The third-order valence-corrected chi connectivity index (χ3v) is 4.00. The summed E-state index contributed by atoms with van der Waals surface area (Å²) >= 11 is 0. The summed E-state index contributed by atoms with van der Waals surface area (Å²) in [6, 6.07) is 0. The molecule has 21 heavy (non-hydrogen) atoms. The van der Waals surface area contributed by atoms with Crippen LogP contribution in [0.1, 0.15) is 64.7 Å². The van der Waals surface area contributed by atoms with E-state index < -0.39 is 5.41 Å². The molecule has 0 rings (SSSR count). The van der Waals surface area contributed by atoms with Gasteiger partial charge in [-0.25, -0.2) is 0 Å². The molecule has 0 radical (unpaired) electrons. The zero-order valence-electron chi connectivity index (χ0n) is 13.5. The molecule has 0 aliphatic rings. The summed E-state index contributed by atoms with van der Waals surface area (Å²) in [5.74, 6) is -0.235. The highest BCUT2D eigenvalue weighted by molar-refractivity contribution is 5.69. The van der Waals surface area contributed by atoms with Crippen molar-refractivity contribution in [1.29, 1.82) is 0 Å². The number of aliphatic hydroxyl groups is 2.